The van der Waals surface area contributed by atoms with Crippen LogP contribution in [-0.2, 0) is 5.88 Å². The second-order valence-electron chi connectivity index (χ2n) is 5.99. The van der Waals surface area contributed by atoms with Crippen molar-refractivity contribution in [3.63, 3.8) is 0 Å². The highest BCUT2D eigenvalue weighted by molar-refractivity contribution is 7.98. The second-order valence-corrected chi connectivity index (χ2v) is 6.90. The highest BCUT2D eigenvalue weighted by Crippen LogP contribution is 2.25. The van der Waals surface area contributed by atoms with E-state index in [9.17, 15) is 20.2 Å². The van der Waals surface area contributed by atoms with Gasteiger partial charge in [-0.05, 0) is 20.8 Å². The molecule has 0 amide bonds. The first-order chi connectivity index (χ1) is 13.8. The van der Waals surface area contributed by atoms with E-state index in [4.69, 9.17) is 0 Å². The molecule has 13 heteroatoms. The van der Waals surface area contributed by atoms with Crippen LogP contribution in [0.3, 0.4) is 0 Å². The van der Waals surface area contributed by atoms with Gasteiger partial charge in [0.1, 0.15) is 11.4 Å². The number of aryl methyl sites for hydroxylation is 2. The zero-order valence-electron chi connectivity index (χ0n) is 15.7. The van der Waals surface area contributed by atoms with Crippen LogP contribution >= 0.6 is 11.8 Å². The van der Waals surface area contributed by atoms with E-state index in [1.807, 2.05) is 0 Å². The average molecular weight is 416 g/mol. The van der Waals surface area contributed by atoms with Crippen molar-refractivity contribution in [2.24, 2.45) is 5.10 Å². The van der Waals surface area contributed by atoms with Crippen molar-refractivity contribution in [2.45, 2.75) is 31.8 Å². The Labute approximate surface area is 168 Å². The van der Waals surface area contributed by atoms with Crippen molar-refractivity contribution in [3.05, 3.63) is 67.3 Å². The third-order valence-electron chi connectivity index (χ3n) is 4.01. The van der Waals surface area contributed by atoms with Gasteiger partial charge in [-0.15, -0.1) is 10.2 Å². The SMILES string of the molecule is Cc1nn(CSc2nnc(C)n2/N=C\c2cccc([N+](=O)[O-])c2)c(C)c1[N+](=O)[O-]. The van der Waals surface area contributed by atoms with Gasteiger partial charge in [-0.3, -0.25) is 24.9 Å². The van der Waals surface area contributed by atoms with Crippen molar-refractivity contribution in [1.29, 1.82) is 0 Å². The Morgan fingerprint density at radius 1 is 1.17 bits per heavy atom. The number of nitro benzene ring substituents is 1. The van der Waals surface area contributed by atoms with Gasteiger partial charge in [0.2, 0.25) is 5.16 Å². The maximum Gasteiger partial charge on any atom is 0.312 e. The fourth-order valence-electron chi connectivity index (χ4n) is 2.60. The topological polar surface area (TPSA) is 147 Å². The molecule has 0 bridgehead atoms. The van der Waals surface area contributed by atoms with E-state index in [-0.39, 0.29) is 17.3 Å². The van der Waals surface area contributed by atoms with Crippen molar-refractivity contribution in [1.82, 2.24) is 24.7 Å². The summed E-state index contributed by atoms with van der Waals surface area (Å²) in [5.74, 6) is 0.805. The molecule has 0 radical (unpaired) electrons. The number of hydrogen-bond acceptors (Lipinski definition) is 9. The van der Waals surface area contributed by atoms with Gasteiger partial charge in [0, 0.05) is 17.7 Å². The number of nitrogens with zero attached hydrogens (tertiary/aromatic N) is 8. The molecule has 0 aliphatic rings. The molecule has 0 unspecified atom stereocenters. The van der Waals surface area contributed by atoms with E-state index in [1.54, 1.807) is 32.9 Å². The second kappa shape index (κ2) is 8.18. The minimum Gasteiger partial charge on any atom is -0.258 e. The number of nitro groups is 2. The molecule has 150 valence electrons. The van der Waals surface area contributed by atoms with Crippen LogP contribution < -0.4 is 0 Å². The van der Waals surface area contributed by atoms with E-state index in [0.29, 0.717) is 27.9 Å². The number of thioether (sulfide) groups is 1. The molecule has 3 aromatic rings. The van der Waals surface area contributed by atoms with Gasteiger partial charge in [-0.1, -0.05) is 23.9 Å². The van der Waals surface area contributed by atoms with Crippen LogP contribution in [0.4, 0.5) is 11.4 Å². The fourth-order valence-corrected chi connectivity index (χ4v) is 3.49. The molecule has 0 saturated heterocycles. The normalized spacial score (nSPS) is 11.3. The Kier molecular flexibility index (Phi) is 5.68. The monoisotopic (exact) mass is 416 g/mol. The molecule has 0 atom stereocenters. The zero-order valence-corrected chi connectivity index (χ0v) is 16.5. The maximum atomic E-state index is 11.1. The van der Waals surface area contributed by atoms with Gasteiger partial charge in [-0.2, -0.15) is 14.9 Å². The molecule has 0 fully saturated rings. The Morgan fingerprint density at radius 2 is 1.93 bits per heavy atom. The molecule has 12 nitrogen and oxygen atoms in total. The summed E-state index contributed by atoms with van der Waals surface area (Å²) in [6.45, 7) is 4.94. The van der Waals surface area contributed by atoms with E-state index in [0.717, 1.165) is 0 Å². The van der Waals surface area contributed by atoms with Gasteiger partial charge >= 0.3 is 5.69 Å². The summed E-state index contributed by atoms with van der Waals surface area (Å²) in [5.41, 5.74) is 1.30. The maximum absolute atomic E-state index is 11.1. The van der Waals surface area contributed by atoms with Crippen molar-refractivity contribution < 1.29 is 9.85 Å². The third-order valence-corrected chi connectivity index (χ3v) is 4.90. The summed E-state index contributed by atoms with van der Waals surface area (Å²) in [7, 11) is 0. The van der Waals surface area contributed by atoms with Crippen molar-refractivity contribution in [2.75, 3.05) is 0 Å². The van der Waals surface area contributed by atoms with Gasteiger partial charge in [0.25, 0.3) is 5.69 Å². The predicted octanol–water partition coefficient (Wildman–Crippen LogP) is 2.85. The highest BCUT2D eigenvalue weighted by atomic mass is 32.2. The molecule has 0 saturated carbocycles. The summed E-state index contributed by atoms with van der Waals surface area (Å²) in [6.07, 6.45) is 1.47. The summed E-state index contributed by atoms with van der Waals surface area (Å²) in [6, 6.07) is 6.07. The summed E-state index contributed by atoms with van der Waals surface area (Å²) >= 11 is 1.26. The average Bonchev–Trinajstić information content (AvgIpc) is 3.16. The van der Waals surface area contributed by atoms with E-state index < -0.39 is 9.85 Å². The van der Waals surface area contributed by atoms with Crippen molar-refractivity contribution in [3.8, 4) is 0 Å². The lowest BCUT2D eigenvalue weighted by Crippen LogP contribution is -2.02. The number of aromatic nitrogens is 5. The zero-order chi connectivity index (χ0) is 21.1. The van der Waals surface area contributed by atoms with Gasteiger partial charge in [0.15, 0.2) is 5.82 Å². The minimum atomic E-state index is -0.476. The lowest BCUT2D eigenvalue weighted by Gasteiger charge is -2.04. The van der Waals surface area contributed by atoms with Crippen LogP contribution in [0, 0.1) is 41.0 Å². The molecule has 0 aliphatic heterocycles. The smallest absolute Gasteiger partial charge is 0.258 e. The largest absolute Gasteiger partial charge is 0.312 e. The van der Waals surface area contributed by atoms with Crippen LogP contribution in [0.25, 0.3) is 0 Å². The van der Waals surface area contributed by atoms with Crippen LogP contribution in [0.5, 0.6) is 0 Å². The minimum absolute atomic E-state index is 0.00746. The lowest BCUT2D eigenvalue weighted by molar-refractivity contribution is -0.386. The van der Waals surface area contributed by atoms with Crippen LogP contribution in [0.2, 0.25) is 0 Å². The van der Waals surface area contributed by atoms with Crippen LogP contribution in [0.1, 0.15) is 22.8 Å². The molecule has 3 rings (SSSR count). The molecule has 2 aromatic heterocycles. The molecule has 0 spiro atoms. The van der Waals surface area contributed by atoms with E-state index >= 15 is 0 Å². The lowest BCUT2D eigenvalue weighted by atomic mass is 10.2. The highest BCUT2D eigenvalue weighted by Gasteiger charge is 2.22. The molecule has 0 aliphatic carbocycles. The predicted molar refractivity (Wildman–Crippen MR) is 105 cm³/mol. The third kappa shape index (κ3) is 4.29. The van der Waals surface area contributed by atoms with Crippen molar-refractivity contribution >= 4 is 29.4 Å². The summed E-state index contributed by atoms with van der Waals surface area (Å²) < 4.78 is 3.01. The first-order valence-corrected chi connectivity index (χ1v) is 9.28. The van der Waals surface area contributed by atoms with Gasteiger partial charge in [0.05, 0.1) is 21.9 Å². The molecular weight excluding hydrogens is 400 g/mol. The fraction of sp³-hybridized carbons (Fsp3) is 0.250. The van der Waals surface area contributed by atoms with Crippen LogP contribution in [-0.4, -0.2) is 40.7 Å². The quantitative estimate of drug-likeness (QED) is 0.247. The van der Waals surface area contributed by atoms with Crippen LogP contribution in [0.15, 0.2) is 34.5 Å². The Morgan fingerprint density at radius 3 is 2.59 bits per heavy atom. The molecule has 29 heavy (non-hydrogen) atoms. The first-order valence-electron chi connectivity index (χ1n) is 8.30. The Balaban J connectivity index is 1.80. The molecular formula is C16H16N8O4S. The Hall–Kier alpha value is -3.61. The number of rotatable bonds is 7. The number of non-ortho nitro benzene ring substituents is 1. The van der Waals surface area contributed by atoms with Gasteiger partial charge in [-0.25, -0.2) is 0 Å². The van der Waals surface area contributed by atoms with Gasteiger partial charge < -0.3 is 0 Å². The Bertz CT molecular complexity index is 1120. The first kappa shape index (κ1) is 20.1. The van der Waals surface area contributed by atoms with E-state index in [1.165, 1.54) is 39.5 Å². The molecule has 2 heterocycles. The summed E-state index contributed by atoms with van der Waals surface area (Å²) in [4.78, 5) is 21.1. The molecule has 1 aromatic carbocycles. The van der Waals surface area contributed by atoms with E-state index in [2.05, 4.69) is 20.4 Å². The standard InChI is InChI=1S/C16H16N8O4S/c1-10-15(24(27)28)11(2)21(20-10)9-29-16-19-18-12(3)22(16)17-8-13-5-4-6-14(7-13)23(25)26/h4-8H,9H2,1-3H3/b17-8-. The molecule has 0 N–H and O–H groups in total. The summed E-state index contributed by atoms with van der Waals surface area (Å²) in [5, 5.41) is 39.0. The number of hydrogen-bond donors (Lipinski definition) is 0. The number of benzene rings is 1.